The quantitative estimate of drug-likeness (QED) is 0.798. The van der Waals surface area contributed by atoms with E-state index in [1.165, 1.54) is 25.0 Å². The molecule has 0 amide bonds. The van der Waals surface area contributed by atoms with Crippen molar-refractivity contribution < 1.29 is 4.39 Å². The third kappa shape index (κ3) is 5.11. The van der Waals surface area contributed by atoms with Crippen LogP contribution in [-0.4, -0.2) is 28.2 Å². The van der Waals surface area contributed by atoms with E-state index in [1.54, 1.807) is 12.1 Å². The van der Waals surface area contributed by atoms with E-state index in [9.17, 15) is 4.39 Å². The maximum absolute atomic E-state index is 12.9. The van der Waals surface area contributed by atoms with Crippen molar-refractivity contribution in [3.05, 3.63) is 47.4 Å². The number of anilines is 2. The Kier molecular flexibility index (Phi) is 5.98. The number of benzene rings is 1. The lowest BCUT2D eigenvalue weighted by Gasteiger charge is -2.32. The van der Waals surface area contributed by atoms with Gasteiger partial charge in [0.25, 0.3) is 0 Å². The Morgan fingerprint density at radius 1 is 1.31 bits per heavy atom. The smallest absolute Gasteiger partial charge is 0.231 e. The SMILES string of the molecule is Cc1cc(N2CCC[C@@H](C)C2)nc(NC(=S)NCc2ccc(F)cc2)n1. The highest BCUT2D eigenvalue weighted by molar-refractivity contribution is 7.80. The summed E-state index contributed by atoms with van der Waals surface area (Å²) in [7, 11) is 0. The highest BCUT2D eigenvalue weighted by Gasteiger charge is 2.18. The van der Waals surface area contributed by atoms with Crippen LogP contribution >= 0.6 is 12.2 Å². The van der Waals surface area contributed by atoms with Crippen molar-refractivity contribution in [2.24, 2.45) is 5.92 Å². The highest BCUT2D eigenvalue weighted by atomic mass is 32.1. The van der Waals surface area contributed by atoms with Gasteiger partial charge in [-0.15, -0.1) is 0 Å². The second-order valence-corrected chi connectivity index (χ2v) is 7.23. The summed E-state index contributed by atoms with van der Waals surface area (Å²) in [5.41, 5.74) is 1.85. The van der Waals surface area contributed by atoms with Gasteiger partial charge < -0.3 is 15.5 Å². The van der Waals surface area contributed by atoms with Gasteiger partial charge in [-0.2, -0.15) is 4.98 Å². The highest BCUT2D eigenvalue weighted by Crippen LogP contribution is 2.22. The van der Waals surface area contributed by atoms with Crippen molar-refractivity contribution in [2.75, 3.05) is 23.3 Å². The number of piperidine rings is 1. The van der Waals surface area contributed by atoms with E-state index in [-0.39, 0.29) is 5.82 Å². The minimum Gasteiger partial charge on any atom is -0.358 e. The summed E-state index contributed by atoms with van der Waals surface area (Å²) in [5, 5.41) is 6.59. The number of nitrogens with zero attached hydrogens (tertiary/aromatic N) is 3. The fourth-order valence-corrected chi connectivity index (χ4v) is 3.26. The molecule has 7 heteroatoms. The number of hydrogen-bond acceptors (Lipinski definition) is 4. The van der Waals surface area contributed by atoms with Gasteiger partial charge in [0, 0.05) is 31.4 Å². The van der Waals surface area contributed by atoms with Crippen LogP contribution in [0.4, 0.5) is 16.2 Å². The van der Waals surface area contributed by atoms with E-state index >= 15 is 0 Å². The zero-order chi connectivity index (χ0) is 18.5. The zero-order valence-electron chi connectivity index (χ0n) is 15.1. The molecule has 26 heavy (non-hydrogen) atoms. The molecule has 5 nitrogen and oxygen atoms in total. The lowest BCUT2D eigenvalue weighted by Crippen LogP contribution is -2.35. The molecule has 3 rings (SSSR count). The summed E-state index contributed by atoms with van der Waals surface area (Å²) < 4.78 is 12.9. The molecule has 1 aliphatic rings. The average Bonchev–Trinajstić information content (AvgIpc) is 2.61. The molecule has 1 atom stereocenters. The van der Waals surface area contributed by atoms with Crippen LogP contribution in [0.3, 0.4) is 0 Å². The van der Waals surface area contributed by atoms with E-state index in [2.05, 4.69) is 32.4 Å². The van der Waals surface area contributed by atoms with Crippen molar-refractivity contribution in [3.8, 4) is 0 Å². The number of hydrogen-bond donors (Lipinski definition) is 2. The Balaban J connectivity index is 1.61. The molecule has 0 unspecified atom stereocenters. The number of thiocarbonyl (C=S) groups is 1. The van der Waals surface area contributed by atoms with Crippen molar-refractivity contribution in [1.29, 1.82) is 0 Å². The predicted molar refractivity (Wildman–Crippen MR) is 107 cm³/mol. The number of aryl methyl sites for hydroxylation is 1. The molecule has 0 aliphatic carbocycles. The summed E-state index contributed by atoms with van der Waals surface area (Å²) in [4.78, 5) is 11.4. The monoisotopic (exact) mass is 373 g/mol. The van der Waals surface area contributed by atoms with Gasteiger partial charge in [-0.3, -0.25) is 0 Å². The Labute approximate surface area is 159 Å². The minimum absolute atomic E-state index is 0.248. The largest absolute Gasteiger partial charge is 0.358 e. The van der Waals surface area contributed by atoms with E-state index in [0.29, 0.717) is 23.5 Å². The third-order valence-corrected chi connectivity index (χ3v) is 4.66. The first-order chi connectivity index (χ1) is 12.5. The van der Waals surface area contributed by atoms with Crippen LogP contribution in [0.1, 0.15) is 31.0 Å². The van der Waals surface area contributed by atoms with Gasteiger partial charge in [-0.1, -0.05) is 19.1 Å². The molecule has 138 valence electrons. The van der Waals surface area contributed by atoms with Crippen molar-refractivity contribution in [3.63, 3.8) is 0 Å². The first-order valence-electron chi connectivity index (χ1n) is 8.89. The Bertz CT molecular complexity index is 765. The Hall–Kier alpha value is -2.28. The topological polar surface area (TPSA) is 53.1 Å². The number of rotatable bonds is 4. The minimum atomic E-state index is -0.248. The van der Waals surface area contributed by atoms with Gasteiger partial charge >= 0.3 is 0 Å². The maximum atomic E-state index is 12.9. The summed E-state index contributed by atoms with van der Waals surface area (Å²) >= 11 is 5.33. The standard InChI is InChI=1S/C19H24FN5S/c1-13-4-3-9-25(12-13)17-10-14(2)22-18(23-17)24-19(26)21-11-15-5-7-16(20)8-6-15/h5-8,10,13H,3-4,9,11-12H2,1-2H3,(H2,21,22,23,24,26)/t13-/m1/s1. The molecule has 0 saturated carbocycles. The normalized spacial score (nSPS) is 17.0. The molecular weight excluding hydrogens is 349 g/mol. The summed E-state index contributed by atoms with van der Waals surface area (Å²) in [5.74, 6) is 1.86. The van der Waals surface area contributed by atoms with Crippen LogP contribution < -0.4 is 15.5 Å². The van der Waals surface area contributed by atoms with Gasteiger partial charge in [0.05, 0.1) is 0 Å². The van der Waals surface area contributed by atoms with E-state index in [1.807, 2.05) is 13.0 Å². The molecule has 1 saturated heterocycles. The summed E-state index contributed by atoms with van der Waals surface area (Å²) in [6, 6.07) is 8.33. The average molecular weight is 374 g/mol. The molecule has 0 spiro atoms. The number of nitrogens with one attached hydrogen (secondary N) is 2. The fraction of sp³-hybridized carbons (Fsp3) is 0.421. The number of halogens is 1. The summed E-state index contributed by atoms with van der Waals surface area (Å²) in [6.45, 7) is 6.78. The molecule has 1 aromatic carbocycles. The van der Waals surface area contributed by atoms with Crippen LogP contribution in [0, 0.1) is 18.7 Å². The number of aromatic nitrogens is 2. The Morgan fingerprint density at radius 3 is 2.81 bits per heavy atom. The summed E-state index contributed by atoms with van der Waals surface area (Å²) in [6.07, 6.45) is 2.45. The second-order valence-electron chi connectivity index (χ2n) is 6.82. The molecule has 2 heterocycles. The van der Waals surface area contributed by atoms with Crippen LogP contribution in [-0.2, 0) is 6.54 Å². The molecule has 2 aromatic rings. The van der Waals surface area contributed by atoms with Crippen molar-refractivity contribution >= 4 is 29.1 Å². The first-order valence-corrected chi connectivity index (χ1v) is 9.30. The molecule has 0 bridgehead atoms. The van der Waals surface area contributed by atoms with Gasteiger partial charge in [-0.25, -0.2) is 9.37 Å². The molecule has 0 radical (unpaired) electrons. The molecule has 1 aliphatic heterocycles. The molecule has 2 N–H and O–H groups in total. The zero-order valence-corrected chi connectivity index (χ0v) is 15.9. The molecule has 1 fully saturated rings. The van der Waals surface area contributed by atoms with E-state index in [0.717, 1.165) is 30.2 Å². The van der Waals surface area contributed by atoms with Gasteiger partial charge in [0.2, 0.25) is 5.95 Å². The lowest BCUT2D eigenvalue weighted by molar-refractivity contribution is 0.444. The molecule has 1 aromatic heterocycles. The molecular formula is C19H24FN5S. The third-order valence-electron chi connectivity index (χ3n) is 4.41. The first kappa shape index (κ1) is 18.5. The van der Waals surface area contributed by atoms with Gasteiger partial charge in [-0.05, 0) is 55.6 Å². The predicted octanol–water partition coefficient (Wildman–Crippen LogP) is 3.65. The lowest BCUT2D eigenvalue weighted by atomic mass is 10.0. The van der Waals surface area contributed by atoms with E-state index in [4.69, 9.17) is 12.2 Å². The van der Waals surface area contributed by atoms with Crippen molar-refractivity contribution in [1.82, 2.24) is 15.3 Å². The van der Waals surface area contributed by atoms with Crippen LogP contribution in [0.5, 0.6) is 0 Å². The fourth-order valence-electron chi connectivity index (χ4n) is 3.10. The second kappa shape index (κ2) is 8.40. The Morgan fingerprint density at radius 2 is 2.08 bits per heavy atom. The van der Waals surface area contributed by atoms with Crippen LogP contribution in [0.25, 0.3) is 0 Å². The maximum Gasteiger partial charge on any atom is 0.231 e. The van der Waals surface area contributed by atoms with Crippen molar-refractivity contribution in [2.45, 2.75) is 33.2 Å². The van der Waals surface area contributed by atoms with Gasteiger partial charge in [0.15, 0.2) is 5.11 Å². The van der Waals surface area contributed by atoms with Crippen LogP contribution in [0.2, 0.25) is 0 Å². The van der Waals surface area contributed by atoms with E-state index < -0.39 is 0 Å². The van der Waals surface area contributed by atoms with Gasteiger partial charge in [0.1, 0.15) is 11.6 Å². The van der Waals surface area contributed by atoms with Crippen LogP contribution in [0.15, 0.2) is 30.3 Å².